The van der Waals surface area contributed by atoms with Crippen LogP contribution in [-0.4, -0.2) is 24.2 Å². The van der Waals surface area contributed by atoms with Gasteiger partial charge in [0.05, 0.1) is 7.11 Å². The molecule has 15 heavy (non-hydrogen) atoms. The van der Waals surface area contributed by atoms with E-state index in [2.05, 4.69) is 11.7 Å². The number of hydrogen-bond donors (Lipinski definition) is 1. The Labute approximate surface area is 90.6 Å². The molecule has 0 aliphatic rings. The smallest absolute Gasteiger partial charge is 0.322 e. The van der Waals surface area contributed by atoms with Crippen LogP contribution in [0, 0.1) is 5.41 Å². The van der Waals surface area contributed by atoms with Crippen LogP contribution in [0.25, 0.3) is 0 Å². The minimum Gasteiger partial charge on any atom is -0.480 e. The second kappa shape index (κ2) is 6.43. The summed E-state index contributed by atoms with van der Waals surface area (Å²) >= 11 is 0. The molecule has 1 atom stereocenters. The summed E-state index contributed by atoms with van der Waals surface area (Å²) in [6.45, 7) is 3.50. The van der Waals surface area contributed by atoms with E-state index in [4.69, 9.17) is 5.11 Å². The molecule has 0 amide bonds. The summed E-state index contributed by atoms with van der Waals surface area (Å²) in [6, 6.07) is 0. The Morgan fingerprint density at radius 2 is 1.87 bits per heavy atom. The molecule has 0 aromatic rings. The van der Waals surface area contributed by atoms with E-state index in [0.717, 1.165) is 25.7 Å². The topological polar surface area (TPSA) is 63.6 Å². The fourth-order valence-electron chi connectivity index (χ4n) is 1.43. The Morgan fingerprint density at radius 3 is 2.27 bits per heavy atom. The van der Waals surface area contributed by atoms with E-state index in [0.29, 0.717) is 6.42 Å². The monoisotopic (exact) mass is 216 g/mol. The highest BCUT2D eigenvalue weighted by molar-refractivity contribution is 5.98. The lowest BCUT2D eigenvalue weighted by Gasteiger charge is -2.21. The number of aliphatic carboxylic acids is 1. The standard InChI is InChI=1S/C11H20O4/c1-4-5-6-7-8-11(2,9(12)13)10(14)15-3/h4-8H2,1-3H3,(H,12,13)/t11-/m1/s1. The van der Waals surface area contributed by atoms with Crippen LogP contribution in [0.4, 0.5) is 0 Å². The van der Waals surface area contributed by atoms with Crippen molar-refractivity contribution in [3.63, 3.8) is 0 Å². The van der Waals surface area contributed by atoms with Crippen LogP contribution in [0.15, 0.2) is 0 Å². The van der Waals surface area contributed by atoms with E-state index in [1.165, 1.54) is 14.0 Å². The predicted octanol–water partition coefficient (Wildman–Crippen LogP) is 2.22. The zero-order valence-electron chi connectivity index (χ0n) is 9.71. The molecule has 4 heteroatoms. The summed E-state index contributed by atoms with van der Waals surface area (Å²) in [5.74, 6) is -1.77. The molecule has 0 fully saturated rings. The molecule has 0 bridgehead atoms. The Bertz CT molecular complexity index is 225. The summed E-state index contributed by atoms with van der Waals surface area (Å²) in [7, 11) is 1.22. The maximum absolute atomic E-state index is 11.3. The molecule has 0 rings (SSSR count). The average Bonchev–Trinajstić information content (AvgIpc) is 2.22. The van der Waals surface area contributed by atoms with Gasteiger partial charge in [-0.1, -0.05) is 32.6 Å². The van der Waals surface area contributed by atoms with Gasteiger partial charge >= 0.3 is 11.9 Å². The first-order valence-corrected chi connectivity index (χ1v) is 5.30. The van der Waals surface area contributed by atoms with E-state index >= 15 is 0 Å². The molecular weight excluding hydrogens is 196 g/mol. The van der Waals surface area contributed by atoms with E-state index in [1.54, 1.807) is 0 Å². The van der Waals surface area contributed by atoms with Gasteiger partial charge in [-0.05, 0) is 13.3 Å². The second-order valence-electron chi connectivity index (χ2n) is 3.94. The fraction of sp³-hybridized carbons (Fsp3) is 0.818. The zero-order chi connectivity index (χ0) is 11.9. The lowest BCUT2D eigenvalue weighted by molar-refractivity contribution is -0.166. The predicted molar refractivity (Wildman–Crippen MR) is 56.5 cm³/mol. The molecular formula is C11H20O4. The van der Waals surface area contributed by atoms with Gasteiger partial charge in [0.25, 0.3) is 0 Å². The van der Waals surface area contributed by atoms with Gasteiger partial charge in [0.1, 0.15) is 0 Å². The van der Waals surface area contributed by atoms with Crippen molar-refractivity contribution in [3.05, 3.63) is 0 Å². The molecule has 0 heterocycles. The summed E-state index contributed by atoms with van der Waals surface area (Å²) in [5, 5.41) is 8.99. The van der Waals surface area contributed by atoms with Crippen molar-refractivity contribution in [3.8, 4) is 0 Å². The van der Waals surface area contributed by atoms with Gasteiger partial charge in [0, 0.05) is 0 Å². The van der Waals surface area contributed by atoms with Gasteiger partial charge in [-0.2, -0.15) is 0 Å². The number of carboxylic acids is 1. The summed E-state index contributed by atoms with van der Waals surface area (Å²) < 4.78 is 4.51. The van der Waals surface area contributed by atoms with Gasteiger partial charge in [0.2, 0.25) is 0 Å². The van der Waals surface area contributed by atoms with Gasteiger partial charge in [0.15, 0.2) is 5.41 Å². The minimum atomic E-state index is -1.39. The first-order valence-electron chi connectivity index (χ1n) is 5.30. The number of rotatable bonds is 7. The van der Waals surface area contributed by atoms with E-state index in [9.17, 15) is 9.59 Å². The number of hydrogen-bond acceptors (Lipinski definition) is 3. The SMILES string of the molecule is CCCCCC[C@](C)(C(=O)O)C(=O)OC. The highest BCUT2D eigenvalue weighted by Gasteiger charge is 2.41. The molecule has 0 saturated heterocycles. The molecule has 1 N–H and O–H groups in total. The third kappa shape index (κ3) is 3.90. The third-order valence-electron chi connectivity index (χ3n) is 2.64. The first-order chi connectivity index (χ1) is 6.99. The lowest BCUT2D eigenvalue weighted by atomic mass is 9.84. The van der Waals surface area contributed by atoms with Crippen molar-refractivity contribution in [1.29, 1.82) is 0 Å². The van der Waals surface area contributed by atoms with Gasteiger partial charge < -0.3 is 9.84 Å². The van der Waals surface area contributed by atoms with E-state index in [-0.39, 0.29) is 0 Å². The molecule has 0 aromatic carbocycles. The van der Waals surface area contributed by atoms with Crippen molar-refractivity contribution in [2.24, 2.45) is 5.41 Å². The quantitative estimate of drug-likeness (QED) is 0.402. The maximum atomic E-state index is 11.3. The molecule has 0 saturated carbocycles. The molecule has 88 valence electrons. The van der Waals surface area contributed by atoms with Crippen LogP contribution in [0.1, 0.15) is 46.0 Å². The van der Waals surface area contributed by atoms with E-state index < -0.39 is 17.4 Å². The summed E-state index contributed by atoms with van der Waals surface area (Å²) in [4.78, 5) is 22.3. The van der Waals surface area contributed by atoms with Crippen LogP contribution in [0.2, 0.25) is 0 Å². The molecule has 0 spiro atoms. The van der Waals surface area contributed by atoms with Crippen LogP contribution >= 0.6 is 0 Å². The Balaban J connectivity index is 4.27. The third-order valence-corrected chi connectivity index (χ3v) is 2.64. The summed E-state index contributed by atoms with van der Waals surface area (Å²) in [6.07, 6.45) is 4.19. The molecule has 4 nitrogen and oxygen atoms in total. The van der Waals surface area contributed by atoms with Crippen LogP contribution in [0.5, 0.6) is 0 Å². The molecule has 0 aromatic heterocycles. The molecule has 0 radical (unpaired) electrons. The van der Waals surface area contributed by atoms with Crippen molar-refractivity contribution in [2.45, 2.75) is 46.0 Å². The van der Waals surface area contributed by atoms with Gasteiger partial charge in [-0.25, -0.2) is 0 Å². The highest BCUT2D eigenvalue weighted by atomic mass is 16.5. The van der Waals surface area contributed by atoms with Crippen LogP contribution < -0.4 is 0 Å². The Morgan fingerprint density at radius 1 is 1.27 bits per heavy atom. The van der Waals surface area contributed by atoms with Crippen molar-refractivity contribution >= 4 is 11.9 Å². The van der Waals surface area contributed by atoms with Crippen LogP contribution in [-0.2, 0) is 14.3 Å². The zero-order valence-corrected chi connectivity index (χ0v) is 9.71. The average molecular weight is 216 g/mol. The van der Waals surface area contributed by atoms with Crippen molar-refractivity contribution in [2.75, 3.05) is 7.11 Å². The lowest BCUT2D eigenvalue weighted by Crippen LogP contribution is -2.37. The van der Waals surface area contributed by atoms with E-state index in [1.807, 2.05) is 0 Å². The molecule has 0 unspecified atom stereocenters. The first kappa shape index (κ1) is 13.9. The van der Waals surface area contributed by atoms with Gasteiger partial charge in [-0.3, -0.25) is 9.59 Å². The highest BCUT2D eigenvalue weighted by Crippen LogP contribution is 2.26. The fourth-order valence-corrected chi connectivity index (χ4v) is 1.43. The van der Waals surface area contributed by atoms with Crippen molar-refractivity contribution < 1.29 is 19.4 Å². The Hall–Kier alpha value is -1.06. The molecule has 0 aliphatic carbocycles. The summed E-state index contributed by atoms with van der Waals surface area (Å²) in [5.41, 5.74) is -1.39. The normalized spacial score (nSPS) is 14.3. The number of carboxylic acid groups (broad SMARTS) is 1. The largest absolute Gasteiger partial charge is 0.480 e. The Kier molecular flexibility index (Phi) is 5.97. The number of esters is 1. The van der Waals surface area contributed by atoms with Crippen LogP contribution in [0.3, 0.4) is 0 Å². The number of carbonyl (C=O) groups excluding carboxylic acids is 1. The maximum Gasteiger partial charge on any atom is 0.322 e. The number of methoxy groups -OCH3 is 1. The van der Waals surface area contributed by atoms with Gasteiger partial charge in [-0.15, -0.1) is 0 Å². The molecule has 0 aliphatic heterocycles. The minimum absolute atomic E-state index is 0.342. The van der Waals surface area contributed by atoms with Crippen molar-refractivity contribution in [1.82, 2.24) is 0 Å². The second-order valence-corrected chi connectivity index (χ2v) is 3.94. The number of ether oxygens (including phenoxy) is 1. The number of unbranched alkanes of at least 4 members (excludes halogenated alkanes) is 3. The number of carbonyl (C=O) groups is 2.